The van der Waals surface area contributed by atoms with Crippen molar-refractivity contribution in [1.82, 2.24) is 4.98 Å². The molecule has 0 fully saturated rings. The number of anilines is 1. The van der Waals surface area contributed by atoms with Crippen LogP contribution in [0.5, 0.6) is 0 Å². The van der Waals surface area contributed by atoms with Gasteiger partial charge in [-0.1, -0.05) is 11.3 Å². The lowest BCUT2D eigenvalue weighted by Gasteiger charge is -1.98. The molecule has 1 aromatic carbocycles. The summed E-state index contributed by atoms with van der Waals surface area (Å²) < 4.78 is 12.8. The average molecular weight is 252 g/mol. The third-order valence-electron chi connectivity index (χ3n) is 2.15. The minimum Gasteiger partial charge on any atom is -0.477 e. The van der Waals surface area contributed by atoms with Crippen molar-refractivity contribution in [3.8, 4) is 11.3 Å². The number of hydrogen-bond acceptors (Lipinski definition) is 4. The molecule has 0 saturated heterocycles. The highest BCUT2D eigenvalue weighted by atomic mass is 32.1. The summed E-state index contributed by atoms with van der Waals surface area (Å²) in [5.74, 6) is -1.40. The standard InChI is InChI=1S/C11H9FN2O2S/c1-13-11-14-8(9(17-11)10(15)16)6-2-4-7(12)5-3-6/h2-5H,1H3,(H,13,14)(H,15,16). The van der Waals surface area contributed by atoms with Gasteiger partial charge in [0.25, 0.3) is 0 Å². The largest absolute Gasteiger partial charge is 0.477 e. The lowest BCUT2D eigenvalue weighted by Crippen LogP contribution is -1.95. The summed E-state index contributed by atoms with van der Waals surface area (Å²) in [4.78, 5) is 15.4. The summed E-state index contributed by atoms with van der Waals surface area (Å²) in [7, 11) is 1.67. The van der Waals surface area contributed by atoms with Gasteiger partial charge in [-0.05, 0) is 24.3 Å². The van der Waals surface area contributed by atoms with Crippen LogP contribution in [-0.2, 0) is 0 Å². The molecule has 1 heterocycles. The van der Waals surface area contributed by atoms with E-state index in [0.29, 0.717) is 16.4 Å². The molecule has 0 aliphatic carbocycles. The van der Waals surface area contributed by atoms with E-state index in [2.05, 4.69) is 10.3 Å². The molecule has 1 aromatic heterocycles. The van der Waals surface area contributed by atoms with Crippen molar-refractivity contribution in [2.24, 2.45) is 0 Å². The van der Waals surface area contributed by atoms with Gasteiger partial charge in [0.05, 0.1) is 5.69 Å². The normalized spacial score (nSPS) is 10.2. The van der Waals surface area contributed by atoms with E-state index in [4.69, 9.17) is 5.11 Å². The zero-order valence-corrected chi connectivity index (χ0v) is 9.71. The maximum Gasteiger partial charge on any atom is 0.348 e. The van der Waals surface area contributed by atoms with Gasteiger partial charge in [-0.2, -0.15) is 0 Å². The van der Waals surface area contributed by atoms with Crippen molar-refractivity contribution < 1.29 is 14.3 Å². The van der Waals surface area contributed by atoms with E-state index in [1.54, 1.807) is 7.05 Å². The Morgan fingerprint density at radius 2 is 2.06 bits per heavy atom. The molecule has 2 N–H and O–H groups in total. The molecular weight excluding hydrogens is 243 g/mol. The van der Waals surface area contributed by atoms with E-state index in [9.17, 15) is 9.18 Å². The van der Waals surface area contributed by atoms with Crippen LogP contribution in [0.1, 0.15) is 9.67 Å². The van der Waals surface area contributed by atoms with Crippen molar-refractivity contribution in [3.05, 3.63) is 35.0 Å². The minimum absolute atomic E-state index is 0.140. The Hall–Kier alpha value is -1.95. The highest BCUT2D eigenvalue weighted by Crippen LogP contribution is 2.30. The zero-order valence-electron chi connectivity index (χ0n) is 8.90. The van der Waals surface area contributed by atoms with Crippen molar-refractivity contribution in [2.75, 3.05) is 12.4 Å². The van der Waals surface area contributed by atoms with Gasteiger partial charge in [0, 0.05) is 12.6 Å². The van der Waals surface area contributed by atoms with Crippen molar-refractivity contribution >= 4 is 22.4 Å². The van der Waals surface area contributed by atoms with Gasteiger partial charge in [-0.3, -0.25) is 0 Å². The van der Waals surface area contributed by atoms with Crippen molar-refractivity contribution in [1.29, 1.82) is 0 Å². The monoisotopic (exact) mass is 252 g/mol. The molecule has 0 atom stereocenters. The number of aromatic carboxylic acids is 1. The maximum absolute atomic E-state index is 12.8. The molecule has 4 nitrogen and oxygen atoms in total. The zero-order chi connectivity index (χ0) is 12.4. The molecule has 0 radical (unpaired) electrons. The smallest absolute Gasteiger partial charge is 0.348 e. The summed E-state index contributed by atoms with van der Waals surface area (Å²) in [5.41, 5.74) is 0.938. The second-order valence-electron chi connectivity index (χ2n) is 3.26. The number of carbonyl (C=O) groups is 1. The van der Waals surface area contributed by atoms with Gasteiger partial charge in [-0.15, -0.1) is 0 Å². The van der Waals surface area contributed by atoms with Crippen LogP contribution in [0.15, 0.2) is 24.3 Å². The minimum atomic E-state index is -1.04. The summed E-state index contributed by atoms with van der Waals surface area (Å²) >= 11 is 1.05. The summed E-state index contributed by atoms with van der Waals surface area (Å²) in [6, 6.07) is 5.57. The van der Waals surface area contributed by atoms with Gasteiger partial charge in [0.15, 0.2) is 5.13 Å². The Morgan fingerprint density at radius 3 is 2.59 bits per heavy atom. The van der Waals surface area contributed by atoms with Crippen LogP contribution in [0.3, 0.4) is 0 Å². The molecule has 0 amide bonds. The summed E-state index contributed by atoms with van der Waals surface area (Å²) in [6.45, 7) is 0. The SMILES string of the molecule is CNc1nc(-c2ccc(F)cc2)c(C(=O)O)s1. The van der Waals surface area contributed by atoms with Gasteiger partial charge < -0.3 is 10.4 Å². The van der Waals surface area contributed by atoms with E-state index in [-0.39, 0.29) is 10.7 Å². The third-order valence-corrected chi connectivity index (χ3v) is 3.21. The number of aromatic nitrogens is 1. The first kappa shape index (κ1) is 11.5. The van der Waals surface area contributed by atoms with Crippen molar-refractivity contribution in [2.45, 2.75) is 0 Å². The quantitative estimate of drug-likeness (QED) is 0.881. The molecule has 0 bridgehead atoms. The number of nitrogens with zero attached hydrogens (tertiary/aromatic N) is 1. The predicted octanol–water partition coefficient (Wildman–Crippen LogP) is 2.69. The Kier molecular flexibility index (Phi) is 3.06. The van der Waals surface area contributed by atoms with E-state index >= 15 is 0 Å². The van der Waals surface area contributed by atoms with E-state index in [1.165, 1.54) is 24.3 Å². The molecule has 17 heavy (non-hydrogen) atoms. The first-order valence-electron chi connectivity index (χ1n) is 4.79. The maximum atomic E-state index is 12.8. The Balaban J connectivity index is 2.53. The van der Waals surface area contributed by atoms with Crippen LogP contribution >= 0.6 is 11.3 Å². The van der Waals surface area contributed by atoms with E-state index in [1.807, 2.05) is 0 Å². The molecule has 6 heteroatoms. The molecule has 0 spiro atoms. The Bertz CT molecular complexity index is 551. The van der Waals surface area contributed by atoms with Crippen LogP contribution in [0.25, 0.3) is 11.3 Å². The van der Waals surface area contributed by atoms with Crippen LogP contribution in [0, 0.1) is 5.82 Å². The van der Waals surface area contributed by atoms with Gasteiger partial charge in [0.1, 0.15) is 10.7 Å². The van der Waals surface area contributed by atoms with Crippen LogP contribution < -0.4 is 5.32 Å². The highest BCUT2D eigenvalue weighted by Gasteiger charge is 2.18. The number of benzene rings is 1. The fourth-order valence-electron chi connectivity index (χ4n) is 1.38. The van der Waals surface area contributed by atoms with Crippen LogP contribution in [0.4, 0.5) is 9.52 Å². The third kappa shape index (κ3) is 2.26. The number of hydrogen-bond donors (Lipinski definition) is 2. The summed E-state index contributed by atoms with van der Waals surface area (Å²) in [6.07, 6.45) is 0. The lowest BCUT2D eigenvalue weighted by atomic mass is 10.1. The molecule has 0 unspecified atom stereocenters. The fraction of sp³-hybridized carbons (Fsp3) is 0.0909. The summed E-state index contributed by atoms with van der Waals surface area (Å²) in [5, 5.41) is 12.4. The highest BCUT2D eigenvalue weighted by molar-refractivity contribution is 7.17. The average Bonchev–Trinajstić information content (AvgIpc) is 2.74. The van der Waals surface area contributed by atoms with Gasteiger partial charge >= 0.3 is 5.97 Å². The predicted molar refractivity (Wildman–Crippen MR) is 64.0 cm³/mol. The van der Waals surface area contributed by atoms with Crippen molar-refractivity contribution in [3.63, 3.8) is 0 Å². The number of rotatable bonds is 3. The first-order valence-corrected chi connectivity index (χ1v) is 5.61. The first-order chi connectivity index (χ1) is 8.11. The lowest BCUT2D eigenvalue weighted by molar-refractivity contribution is 0.0702. The van der Waals surface area contributed by atoms with E-state index < -0.39 is 5.97 Å². The topological polar surface area (TPSA) is 62.2 Å². The van der Waals surface area contributed by atoms with Crippen LogP contribution in [-0.4, -0.2) is 23.1 Å². The molecular formula is C11H9FN2O2S. The van der Waals surface area contributed by atoms with Gasteiger partial charge in [0.2, 0.25) is 0 Å². The molecule has 88 valence electrons. The molecule has 0 aliphatic heterocycles. The molecule has 2 rings (SSSR count). The van der Waals surface area contributed by atoms with E-state index in [0.717, 1.165) is 11.3 Å². The molecule has 2 aromatic rings. The number of carboxylic acids is 1. The fourth-order valence-corrected chi connectivity index (χ4v) is 2.16. The Morgan fingerprint density at radius 1 is 1.41 bits per heavy atom. The Labute approximate surface area is 101 Å². The number of thiazole rings is 1. The second kappa shape index (κ2) is 4.50. The second-order valence-corrected chi connectivity index (χ2v) is 4.26. The van der Waals surface area contributed by atoms with Gasteiger partial charge in [-0.25, -0.2) is 14.2 Å². The number of halogens is 1. The van der Waals surface area contributed by atoms with Crippen LogP contribution in [0.2, 0.25) is 0 Å². The molecule has 0 aliphatic rings. The number of carboxylic acid groups (broad SMARTS) is 1. The molecule has 0 saturated carbocycles. The number of nitrogens with one attached hydrogen (secondary N) is 1.